The van der Waals surface area contributed by atoms with Crippen LogP contribution in [0, 0.1) is 11.3 Å². The molecule has 0 radical (unpaired) electrons. The number of hydrogen-bond acceptors (Lipinski definition) is 4. The minimum Gasteiger partial charge on any atom is -0.379 e. The van der Waals surface area contributed by atoms with Crippen molar-refractivity contribution >= 4 is 11.6 Å². The van der Waals surface area contributed by atoms with Crippen molar-refractivity contribution in [3.63, 3.8) is 0 Å². The molecule has 1 atom stereocenters. The summed E-state index contributed by atoms with van der Waals surface area (Å²) in [5.41, 5.74) is 1.31. The van der Waals surface area contributed by atoms with E-state index < -0.39 is 0 Å². The van der Waals surface area contributed by atoms with E-state index in [9.17, 15) is 4.79 Å². The zero-order valence-electron chi connectivity index (χ0n) is 10.4. The van der Waals surface area contributed by atoms with Gasteiger partial charge in [0.15, 0.2) is 0 Å². The van der Waals surface area contributed by atoms with Gasteiger partial charge in [-0.1, -0.05) is 6.92 Å². The highest BCUT2D eigenvalue weighted by Crippen LogP contribution is 2.16. The van der Waals surface area contributed by atoms with Gasteiger partial charge in [-0.3, -0.25) is 4.79 Å². The second-order valence-electron chi connectivity index (χ2n) is 4.37. The Hall–Kier alpha value is -2.09. The third kappa shape index (κ3) is 2.77. The molecular formula is C13H16N4O. The summed E-state index contributed by atoms with van der Waals surface area (Å²) in [5, 5.41) is 12.0. The normalized spacial score (nSPS) is 18.4. The molecule has 1 saturated heterocycles. The van der Waals surface area contributed by atoms with Crippen molar-refractivity contribution in [2.24, 2.45) is 0 Å². The Bertz CT molecular complexity index is 463. The summed E-state index contributed by atoms with van der Waals surface area (Å²) >= 11 is 0. The number of carbonyl (C=O) groups is 1. The molecule has 1 amide bonds. The van der Waals surface area contributed by atoms with E-state index in [0.717, 1.165) is 25.2 Å². The van der Waals surface area contributed by atoms with Crippen LogP contribution in [0.2, 0.25) is 0 Å². The minimum absolute atomic E-state index is 0.206. The van der Waals surface area contributed by atoms with Crippen molar-refractivity contribution in [3.05, 3.63) is 24.0 Å². The van der Waals surface area contributed by atoms with Gasteiger partial charge >= 0.3 is 0 Å². The van der Waals surface area contributed by atoms with Gasteiger partial charge < -0.3 is 10.2 Å². The van der Waals surface area contributed by atoms with E-state index in [-0.39, 0.29) is 11.9 Å². The van der Waals surface area contributed by atoms with Gasteiger partial charge in [0.25, 0.3) is 0 Å². The summed E-state index contributed by atoms with van der Waals surface area (Å²) < 4.78 is 0. The predicted molar refractivity (Wildman–Crippen MR) is 67.9 cm³/mol. The second-order valence-corrected chi connectivity index (χ2v) is 4.37. The van der Waals surface area contributed by atoms with Gasteiger partial charge in [0, 0.05) is 25.6 Å². The Labute approximate surface area is 106 Å². The molecule has 0 spiro atoms. The quantitative estimate of drug-likeness (QED) is 0.872. The van der Waals surface area contributed by atoms with Crippen LogP contribution in [-0.4, -0.2) is 34.9 Å². The number of rotatable bonds is 3. The van der Waals surface area contributed by atoms with Crippen LogP contribution in [0.25, 0.3) is 0 Å². The third-order valence-electron chi connectivity index (χ3n) is 3.09. The molecule has 5 nitrogen and oxygen atoms in total. The lowest BCUT2D eigenvalue weighted by atomic mass is 10.2. The molecule has 1 aromatic rings. The Balaban J connectivity index is 1.91. The van der Waals surface area contributed by atoms with Crippen LogP contribution >= 0.6 is 0 Å². The van der Waals surface area contributed by atoms with Crippen molar-refractivity contribution in [1.29, 1.82) is 5.26 Å². The standard InChI is InChI=1S/C13H16N4O/c1-2-13(18)17-6-5-12(9-17)16-11-4-3-10(7-14)15-8-11/h3-4,8,12,16H,2,5-6,9H2,1H3. The van der Waals surface area contributed by atoms with E-state index >= 15 is 0 Å². The van der Waals surface area contributed by atoms with Gasteiger partial charge in [-0.2, -0.15) is 5.26 Å². The van der Waals surface area contributed by atoms with Crippen molar-refractivity contribution in [1.82, 2.24) is 9.88 Å². The zero-order valence-corrected chi connectivity index (χ0v) is 10.4. The SMILES string of the molecule is CCC(=O)N1CCC(Nc2ccc(C#N)nc2)C1. The molecule has 0 bridgehead atoms. The van der Waals surface area contributed by atoms with Crippen molar-refractivity contribution in [2.45, 2.75) is 25.8 Å². The number of amides is 1. The number of nitrogens with zero attached hydrogens (tertiary/aromatic N) is 3. The molecule has 5 heteroatoms. The number of hydrogen-bond donors (Lipinski definition) is 1. The van der Waals surface area contributed by atoms with Gasteiger partial charge in [0.2, 0.25) is 5.91 Å². The van der Waals surface area contributed by atoms with Crippen LogP contribution in [0.3, 0.4) is 0 Å². The topological polar surface area (TPSA) is 69.0 Å². The highest BCUT2D eigenvalue weighted by molar-refractivity contribution is 5.76. The molecule has 1 N–H and O–H groups in total. The number of nitriles is 1. The Morgan fingerprint density at radius 1 is 1.67 bits per heavy atom. The molecular weight excluding hydrogens is 228 g/mol. The van der Waals surface area contributed by atoms with Gasteiger partial charge in [0.1, 0.15) is 11.8 Å². The lowest BCUT2D eigenvalue weighted by molar-refractivity contribution is -0.129. The summed E-state index contributed by atoms with van der Waals surface area (Å²) in [5.74, 6) is 0.206. The van der Waals surface area contributed by atoms with Crippen LogP contribution in [0.15, 0.2) is 18.3 Å². The fourth-order valence-electron chi connectivity index (χ4n) is 2.11. The summed E-state index contributed by atoms with van der Waals surface area (Å²) in [6.45, 7) is 3.44. The first kappa shape index (κ1) is 12.4. The van der Waals surface area contributed by atoms with E-state index in [1.165, 1.54) is 0 Å². The maximum atomic E-state index is 11.5. The number of pyridine rings is 1. The number of carbonyl (C=O) groups excluding carboxylic acids is 1. The molecule has 18 heavy (non-hydrogen) atoms. The minimum atomic E-state index is 0.206. The lowest BCUT2D eigenvalue weighted by Gasteiger charge is -2.16. The smallest absolute Gasteiger partial charge is 0.222 e. The summed E-state index contributed by atoms with van der Waals surface area (Å²) in [6.07, 6.45) is 3.17. The molecule has 1 fully saturated rings. The molecule has 1 aliphatic rings. The molecule has 94 valence electrons. The molecule has 2 rings (SSSR count). The van der Waals surface area contributed by atoms with Gasteiger partial charge in [0.05, 0.1) is 11.9 Å². The molecule has 2 heterocycles. The van der Waals surface area contributed by atoms with E-state index in [1.54, 1.807) is 12.3 Å². The molecule has 0 saturated carbocycles. The first-order valence-electron chi connectivity index (χ1n) is 6.13. The molecule has 1 aliphatic heterocycles. The van der Waals surface area contributed by atoms with Crippen LogP contribution < -0.4 is 5.32 Å². The average Bonchev–Trinajstić information content (AvgIpc) is 2.87. The number of nitrogens with one attached hydrogen (secondary N) is 1. The first-order chi connectivity index (χ1) is 8.72. The largest absolute Gasteiger partial charge is 0.379 e. The van der Waals surface area contributed by atoms with Crippen molar-refractivity contribution in [2.75, 3.05) is 18.4 Å². The fourth-order valence-corrected chi connectivity index (χ4v) is 2.11. The summed E-state index contributed by atoms with van der Waals surface area (Å²) in [6, 6.07) is 5.79. The lowest BCUT2D eigenvalue weighted by Crippen LogP contribution is -2.30. The average molecular weight is 244 g/mol. The van der Waals surface area contributed by atoms with E-state index in [2.05, 4.69) is 10.3 Å². The number of aromatic nitrogens is 1. The molecule has 1 aromatic heterocycles. The van der Waals surface area contributed by atoms with Gasteiger partial charge in [-0.05, 0) is 18.6 Å². The summed E-state index contributed by atoms with van der Waals surface area (Å²) in [4.78, 5) is 17.4. The molecule has 0 aliphatic carbocycles. The highest BCUT2D eigenvalue weighted by Gasteiger charge is 2.24. The first-order valence-corrected chi connectivity index (χ1v) is 6.13. The van der Waals surface area contributed by atoms with Crippen LogP contribution in [0.4, 0.5) is 5.69 Å². The fraction of sp³-hybridized carbons (Fsp3) is 0.462. The van der Waals surface area contributed by atoms with Crippen LogP contribution in [0.1, 0.15) is 25.5 Å². The van der Waals surface area contributed by atoms with Crippen molar-refractivity contribution < 1.29 is 4.79 Å². The second kappa shape index (κ2) is 5.50. The van der Waals surface area contributed by atoms with Crippen molar-refractivity contribution in [3.8, 4) is 6.07 Å². The Kier molecular flexibility index (Phi) is 3.78. The molecule has 1 unspecified atom stereocenters. The summed E-state index contributed by atoms with van der Waals surface area (Å²) in [7, 11) is 0. The Morgan fingerprint density at radius 2 is 2.50 bits per heavy atom. The van der Waals surface area contributed by atoms with Crippen LogP contribution in [0.5, 0.6) is 0 Å². The van der Waals surface area contributed by atoms with Crippen LogP contribution in [-0.2, 0) is 4.79 Å². The number of likely N-dealkylation sites (tertiary alicyclic amines) is 1. The zero-order chi connectivity index (χ0) is 13.0. The number of anilines is 1. The monoisotopic (exact) mass is 244 g/mol. The van der Waals surface area contributed by atoms with Gasteiger partial charge in [-0.25, -0.2) is 4.98 Å². The van der Waals surface area contributed by atoms with Gasteiger partial charge in [-0.15, -0.1) is 0 Å². The predicted octanol–water partition coefficient (Wildman–Crippen LogP) is 1.38. The van der Waals surface area contributed by atoms with E-state index in [1.807, 2.05) is 24.0 Å². The van der Waals surface area contributed by atoms with E-state index in [4.69, 9.17) is 5.26 Å². The maximum absolute atomic E-state index is 11.5. The third-order valence-corrected chi connectivity index (χ3v) is 3.09. The highest BCUT2D eigenvalue weighted by atomic mass is 16.2. The molecule has 0 aromatic carbocycles. The Morgan fingerprint density at radius 3 is 3.11 bits per heavy atom. The van der Waals surface area contributed by atoms with E-state index in [0.29, 0.717) is 12.1 Å². The maximum Gasteiger partial charge on any atom is 0.222 e.